The van der Waals surface area contributed by atoms with Crippen LogP contribution in [-0.2, 0) is 13.0 Å². The second-order valence-corrected chi connectivity index (χ2v) is 6.80. The van der Waals surface area contributed by atoms with Crippen molar-refractivity contribution in [3.05, 3.63) is 60.2 Å². The molecule has 0 bridgehead atoms. The first kappa shape index (κ1) is 19.1. The van der Waals surface area contributed by atoms with E-state index in [1.807, 2.05) is 12.1 Å². The number of rotatable bonds is 10. The summed E-state index contributed by atoms with van der Waals surface area (Å²) < 4.78 is 2.31. The van der Waals surface area contributed by atoms with Gasteiger partial charge in [0.1, 0.15) is 11.5 Å². The molecule has 0 atom stereocenters. The average Bonchev–Trinajstić information content (AvgIpc) is 3.06. The quantitative estimate of drug-likeness (QED) is 0.543. The molecule has 0 saturated heterocycles. The summed E-state index contributed by atoms with van der Waals surface area (Å²) in [6.07, 6.45) is 8.60. The maximum Gasteiger partial charge on any atom is 0.269 e. The highest BCUT2D eigenvalue weighted by Crippen LogP contribution is 2.18. The number of nitrogens with one attached hydrogen (secondary N) is 1. The molecule has 0 aliphatic carbocycles. The van der Waals surface area contributed by atoms with Crippen LogP contribution in [0.3, 0.4) is 0 Å². The Morgan fingerprint density at radius 2 is 1.85 bits per heavy atom. The largest absolute Gasteiger partial charge is 0.350 e. The van der Waals surface area contributed by atoms with Crippen LogP contribution in [0.2, 0.25) is 0 Å². The van der Waals surface area contributed by atoms with E-state index in [4.69, 9.17) is 4.98 Å². The zero-order valence-corrected chi connectivity index (χ0v) is 16.0. The number of benzene rings is 1. The predicted octanol–water partition coefficient (Wildman–Crippen LogP) is 4.37. The Labute approximate surface area is 160 Å². The molecule has 1 aromatic carbocycles. The standard InChI is InChI=1S/C22H28N4O/c1-2-3-4-5-10-17-26-20-13-7-6-11-18(20)25-21(26)14-16-24-22(27)19-12-8-9-15-23-19/h6-9,11-13,15H,2-5,10,14,16-17H2,1H3,(H,24,27). The summed E-state index contributed by atoms with van der Waals surface area (Å²) in [6, 6.07) is 13.6. The van der Waals surface area contributed by atoms with Crippen LogP contribution in [0.1, 0.15) is 55.3 Å². The van der Waals surface area contributed by atoms with Crippen molar-refractivity contribution in [2.24, 2.45) is 0 Å². The number of amides is 1. The highest BCUT2D eigenvalue weighted by atomic mass is 16.1. The van der Waals surface area contributed by atoms with Gasteiger partial charge in [0.25, 0.3) is 5.91 Å². The molecule has 0 fully saturated rings. The van der Waals surface area contributed by atoms with E-state index >= 15 is 0 Å². The Morgan fingerprint density at radius 3 is 2.67 bits per heavy atom. The molecule has 0 aliphatic rings. The van der Waals surface area contributed by atoms with E-state index in [-0.39, 0.29) is 5.91 Å². The van der Waals surface area contributed by atoms with Gasteiger partial charge in [-0.15, -0.1) is 0 Å². The van der Waals surface area contributed by atoms with Crippen molar-refractivity contribution in [2.45, 2.75) is 52.0 Å². The molecule has 3 rings (SSSR count). The fourth-order valence-corrected chi connectivity index (χ4v) is 3.31. The molecule has 5 heteroatoms. The third kappa shape index (κ3) is 5.16. The monoisotopic (exact) mass is 364 g/mol. The number of hydrogen-bond donors (Lipinski definition) is 1. The van der Waals surface area contributed by atoms with Gasteiger partial charge in [-0.2, -0.15) is 0 Å². The minimum absolute atomic E-state index is 0.141. The van der Waals surface area contributed by atoms with Crippen LogP contribution in [0, 0.1) is 0 Å². The van der Waals surface area contributed by atoms with Crippen LogP contribution in [0.5, 0.6) is 0 Å². The number of para-hydroxylation sites is 2. The van der Waals surface area contributed by atoms with Crippen molar-refractivity contribution in [3.63, 3.8) is 0 Å². The van der Waals surface area contributed by atoms with Gasteiger partial charge in [-0.1, -0.05) is 50.8 Å². The van der Waals surface area contributed by atoms with Gasteiger partial charge in [-0.3, -0.25) is 9.78 Å². The fourth-order valence-electron chi connectivity index (χ4n) is 3.31. The minimum atomic E-state index is -0.141. The first-order valence-corrected chi connectivity index (χ1v) is 9.93. The first-order valence-electron chi connectivity index (χ1n) is 9.93. The maximum absolute atomic E-state index is 12.2. The van der Waals surface area contributed by atoms with Crippen LogP contribution in [-0.4, -0.2) is 27.0 Å². The SMILES string of the molecule is CCCCCCCn1c(CCNC(=O)c2ccccn2)nc2ccccc21. The average molecular weight is 364 g/mol. The van der Waals surface area contributed by atoms with Gasteiger partial charge < -0.3 is 9.88 Å². The number of nitrogens with zero attached hydrogens (tertiary/aromatic N) is 3. The smallest absolute Gasteiger partial charge is 0.269 e. The Kier molecular flexibility index (Phi) is 6.97. The molecule has 0 aliphatic heterocycles. The molecule has 142 valence electrons. The summed E-state index contributed by atoms with van der Waals surface area (Å²) in [7, 11) is 0. The molecule has 2 aromatic heterocycles. The second kappa shape index (κ2) is 9.86. The first-order chi connectivity index (χ1) is 13.3. The van der Waals surface area contributed by atoms with E-state index < -0.39 is 0 Å². The van der Waals surface area contributed by atoms with E-state index in [9.17, 15) is 4.79 Å². The normalized spacial score (nSPS) is 11.0. The van der Waals surface area contributed by atoms with Crippen LogP contribution >= 0.6 is 0 Å². The third-order valence-electron chi connectivity index (χ3n) is 4.75. The van der Waals surface area contributed by atoms with Gasteiger partial charge in [0.15, 0.2) is 0 Å². The van der Waals surface area contributed by atoms with Gasteiger partial charge >= 0.3 is 0 Å². The zero-order chi connectivity index (χ0) is 18.9. The van der Waals surface area contributed by atoms with Gasteiger partial charge in [0.2, 0.25) is 0 Å². The Bertz CT molecular complexity index is 857. The lowest BCUT2D eigenvalue weighted by molar-refractivity contribution is 0.0949. The number of pyridine rings is 1. The number of carbonyl (C=O) groups excluding carboxylic acids is 1. The molecule has 3 aromatic rings. The summed E-state index contributed by atoms with van der Waals surface area (Å²) in [6.45, 7) is 3.77. The Morgan fingerprint density at radius 1 is 1.04 bits per heavy atom. The van der Waals surface area contributed by atoms with Crippen molar-refractivity contribution in [2.75, 3.05) is 6.54 Å². The number of carbonyl (C=O) groups is 1. The third-order valence-corrected chi connectivity index (χ3v) is 4.75. The molecule has 0 saturated carbocycles. The van der Waals surface area contributed by atoms with Gasteiger partial charge in [-0.25, -0.2) is 4.98 Å². The van der Waals surface area contributed by atoms with Crippen molar-refractivity contribution >= 4 is 16.9 Å². The lowest BCUT2D eigenvalue weighted by atomic mass is 10.1. The summed E-state index contributed by atoms with van der Waals surface area (Å²) in [5, 5.41) is 2.95. The van der Waals surface area contributed by atoms with E-state index in [1.54, 1.807) is 18.3 Å². The van der Waals surface area contributed by atoms with Crippen LogP contribution in [0.4, 0.5) is 0 Å². The Hall–Kier alpha value is -2.69. The van der Waals surface area contributed by atoms with Crippen molar-refractivity contribution in [1.82, 2.24) is 19.9 Å². The second-order valence-electron chi connectivity index (χ2n) is 6.80. The molecule has 0 radical (unpaired) electrons. The van der Waals surface area contributed by atoms with Crippen molar-refractivity contribution in [1.29, 1.82) is 0 Å². The molecule has 0 unspecified atom stereocenters. The van der Waals surface area contributed by atoms with E-state index in [1.165, 1.54) is 31.2 Å². The number of unbranched alkanes of at least 4 members (excludes halogenated alkanes) is 4. The zero-order valence-electron chi connectivity index (χ0n) is 16.0. The van der Waals surface area contributed by atoms with E-state index in [0.717, 1.165) is 24.3 Å². The predicted molar refractivity (Wildman–Crippen MR) is 109 cm³/mol. The topological polar surface area (TPSA) is 59.8 Å². The molecule has 27 heavy (non-hydrogen) atoms. The van der Waals surface area contributed by atoms with Crippen LogP contribution in [0.25, 0.3) is 11.0 Å². The van der Waals surface area contributed by atoms with Crippen LogP contribution < -0.4 is 5.32 Å². The molecule has 0 spiro atoms. The maximum atomic E-state index is 12.2. The number of fused-ring (bicyclic) bond motifs is 1. The molecule has 1 amide bonds. The van der Waals surface area contributed by atoms with Gasteiger partial charge in [-0.05, 0) is 30.7 Å². The lowest BCUT2D eigenvalue weighted by Crippen LogP contribution is -2.27. The van der Waals surface area contributed by atoms with E-state index in [0.29, 0.717) is 18.7 Å². The number of hydrogen-bond acceptors (Lipinski definition) is 3. The van der Waals surface area contributed by atoms with Crippen molar-refractivity contribution < 1.29 is 4.79 Å². The summed E-state index contributed by atoms with van der Waals surface area (Å²) in [5.41, 5.74) is 2.65. The number of aryl methyl sites for hydroxylation is 1. The highest BCUT2D eigenvalue weighted by molar-refractivity contribution is 5.92. The number of aromatic nitrogens is 3. The molecule has 2 heterocycles. The molecular formula is C22H28N4O. The van der Waals surface area contributed by atoms with Crippen LogP contribution in [0.15, 0.2) is 48.7 Å². The minimum Gasteiger partial charge on any atom is -0.350 e. The van der Waals surface area contributed by atoms with Crippen molar-refractivity contribution in [3.8, 4) is 0 Å². The van der Waals surface area contributed by atoms with E-state index in [2.05, 4.69) is 40.0 Å². The van der Waals surface area contributed by atoms with Gasteiger partial charge in [0, 0.05) is 25.7 Å². The highest BCUT2D eigenvalue weighted by Gasteiger charge is 2.11. The summed E-state index contributed by atoms with van der Waals surface area (Å²) in [5.74, 6) is 0.894. The fraction of sp³-hybridized carbons (Fsp3) is 0.409. The Balaban J connectivity index is 1.62. The summed E-state index contributed by atoms with van der Waals surface area (Å²) >= 11 is 0. The molecule has 5 nitrogen and oxygen atoms in total. The van der Waals surface area contributed by atoms with Gasteiger partial charge in [0.05, 0.1) is 11.0 Å². The number of imidazole rings is 1. The summed E-state index contributed by atoms with van der Waals surface area (Å²) in [4.78, 5) is 21.0. The molecule has 1 N–H and O–H groups in total. The lowest BCUT2D eigenvalue weighted by Gasteiger charge is -2.10. The molecular weight excluding hydrogens is 336 g/mol.